The average Bonchev–Trinajstić information content (AvgIpc) is 2.80. The number of rotatable bonds is 6. The quantitative estimate of drug-likeness (QED) is 0.757. The number of benzene rings is 1. The van der Waals surface area contributed by atoms with E-state index in [2.05, 4.69) is 5.32 Å². The Morgan fingerprint density at radius 2 is 2.37 bits per heavy atom. The third-order valence-electron chi connectivity index (χ3n) is 3.37. The van der Waals surface area contributed by atoms with Gasteiger partial charge in [-0.1, -0.05) is 0 Å². The Morgan fingerprint density at radius 3 is 3.05 bits per heavy atom. The molecule has 4 nitrogen and oxygen atoms in total. The molecule has 2 atom stereocenters. The van der Waals surface area contributed by atoms with Crippen molar-refractivity contribution < 1.29 is 19.0 Å². The van der Waals surface area contributed by atoms with Crippen LogP contribution >= 0.6 is 0 Å². The molecule has 0 saturated carbocycles. The number of halogens is 1. The Balaban J connectivity index is 2.04. The van der Waals surface area contributed by atoms with E-state index in [0.717, 1.165) is 5.56 Å². The van der Waals surface area contributed by atoms with Gasteiger partial charge in [-0.3, -0.25) is 4.79 Å². The number of carbonyl (C=O) groups is 1. The molecule has 19 heavy (non-hydrogen) atoms. The number of nitrogens with one attached hydrogen (secondary N) is 1. The summed E-state index contributed by atoms with van der Waals surface area (Å²) in [6, 6.07) is 3.06. The van der Waals surface area contributed by atoms with Crippen LogP contribution in [0, 0.1) is 11.7 Å². The summed E-state index contributed by atoms with van der Waals surface area (Å²) < 4.78 is 19.4. The van der Waals surface area contributed by atoms with Crippen LogP contribution in [0.25, 0.3) is 0 Å². The SMILES string of the molecule is CC(COc1cc(F)c2c(c1)CC(CO)C2)NC=O. The van der Waals surface area contributed by atoms with Gasteiger partial charge in [-0.15, -0.1) is 0 Å². The van der Waals surface area contributed by atoms with Gasteiger partial charge >= 0.3 is 0 Å². The molecule has 1 aromatic carbocycles. The monoisotopic (exact) mass is 267 g/mol. The van der Waals surface area contributed by atoms with Gasteiger partial charge < -0.3 is 15.2 Å². The van der Waals surface area contributed by atoms with Crippen LogP contribution < -0.4 is 10.1 Å². The zero-order valence-electron chi connectivity index (χ0n) is 10.9. The molecule has 0 aliphatic heterocycles. The second kappa shape index (κ2) is 6.02. The molecular weight excluding hydrogens is 249 g/mol. The molecular formula is C14H18FNO3. The Labute approximate surface area is 111 Å². The van der Waals surface area contributed by atoms with E-state index in [-0.39, 0.29) is 24.4 Å². The largest absolute Gasteiger partial charge is 0.491 e. The van der Waals surface area contributed by atoms with Gasteiger partial charge in [-0.25, -0.2) is 4.39 Å². The van der Waals surface area contributed by atoms with Gasteiger partial charge in [-0.05, 0) is 42.9 Å². The van der Waals surface area contributed by atoms with Gasteiger partial charge in [0.2, 0.25) is 6.41 Å². The molecule has 0 heterocycles. The Morgan fingerprint density at radius 1 is 1.58 bits per heavy atom. The number of aliphatic hydroxyl groups is 1. The van der Waals surface area contributed by atoms with Gasteiger partial charge in [0, 0.05) is 12.7 Å². The molecule has 1 amide bonds. The highest BCUT2D eigenvalue weighted by atomic mass is 19.1. The fraction of sp³-hybridized carbons (Fsp3) is 0.500. The first kappa shape index (κ1) is 13.8. The molecule has 104 valence electrons. The van der Waals surface area contributed by atoms with Crippen LogP contribution in [0.1, 0.15) is 18.1 Å². The summed E-state index contributed by atoms with van der Waals surface area (Å²) in [4.78, 5) is 10.3. The Hall–Kier alpha value is -1.62. The highest BCUT2D eigenvalue weighted by Crippen LogP contribution is 2.32. The van der Waals surface area contributed by atoms with E-state index in [0.29, 0.717) is 37.2 Å². The van der Waals surface area contributed by atoms with Gasteiger partial charge in [0.05, 0.1) is 6.04 Å². The van der Waals surface area contributed by atoms with Crippen molar-refractivity contribution in [1.29, 1.82) is 0 Å². The van der Waals surface area contributed by atoms with Crippen LogP contribution in [0.2, 0.25) is 0 Å². The van der Waals surface area contributed by atoms with Crippen molar-refractivity contribution in [2.24, 2.45) is 5.92 Å². The molecule has 2 N–H and O–H groups in total. The number of aliphatic hydroxyl groups excluding tert-OH is 1. The Bertz CT molecular complexity index is 464. The summed E-state index contributed by atoms with van der Waals surface area (Å²) in [6.45, 7) is 2.17. The molecule has 0 bridgehead atoms. The molecule has 5 heteroatoms. The fourth-order valence-electron chi connectivity index (χ4n) is 2.35. The van der Waals surface area contributed by atoms with Crippen molar-refractivity contribution in [2.45, 2.75) is 25.8 Å². The van der Waals surface area contributed by atoms with Crippen LogP contribution in [-0.4, -0.2) is 30.8 Å². The first-order valence-electron chi connectivity index (χ1n) is 6.38. The van der Waals surface area contributed by atoms with Crippen molar-refractivity contribution in [1.82, 2.24) is 5.32 Å². The molecule has 2 rings (SSSR count). The highest BCUT2D eigenvalue weighted by Gasteiger charge is 2.24. The average molecular weight is 267 g/mol. The van der Waals surface area contributed by atoms with Crippen molar-refractivity contribution in [3.8, 4) is 5.75 Å². The summed E-state index contributed by atoms with van der Waals surface area (Å²) in [7, 11) is 0. The fourth-order valence-corrected chi connectivity index (χ4v) is 2.35. The second-order valence-electron chi connectivity index (χ2n) is 5.00. The molecule has 1 aliphatic rings. The lowest BCUT2D eigenvalue weighted by Crippen LogP contribution is -2.30. The van der Waals surface area contributed by atoms with E-state index in [9.17, 15) is 9.18 Å². The minimum atomic E-state index is -0.278. The van der Waals surface area contributed by atoms with E-state index in [1.807, 2.05) is 6.07 Å². The van der Waals surface area contributed by atoms with Crippen molar-refractivity contribution >= 4 is 6.41 Å². The lowest BCUT2D eigenvalue weighted by Gasteiger charge is -2.13. The maximum atomic E-state index is 13.9. The first-order valence-corrected chi connectivity index (χ1v) is 6.38. The second-order valence-corrected chi connectivity index (χ2v) is 5.00. The minimum Gasteiger partial charge on any atom is -0.491 e. The molecule has 0 radical (unpaired) electrons. The summed E-state index contributed by atoms with van der Waals surface area (Å²) in [5.74, 6) is 0.296. The third-order valence-corrected chi connectivity index (χ3v) is 3.37. The van der Waals surface area contributed by atoms with Crippen LogP contribution in [0.4, 0.5) is 4.39 Å². The number of amides is 1. The molecule has 0 spiro atoms. The molecule has 0 aromatic heterocycles. The first-order chi connectivity index (χ1) is 9.13. The normalized spacial score (nSPS) is 18.8. The lowest BCUT2D eigenvalue weighted by molar-refractivity contribution is -0.110. The van der Waals surface area contributed by atoms with E-state index >= 15 is 0 Å². The van der Waals surface area contributed by atoms with Gasteiger partial charge in [0.25, 0.3) is 0 Å². The maximum absolute atomic E-state index is 13.9. The summed E-state index contributed by atoms with van der Waals surface area (Å²) in [5, 5.41) is 11.7. The van der Waals surface area contributed by atoms with E-state index < -0.39 is 0 Å². The van der Waals surface area contributed by atoms with E-state index in [1.165, 1.54) is 6.07 Å². The highest BCUT2D eigenvalue weighted by molar-refractivity contribution is 5.46. The number of carbonyl (C=O) groups excluding carboxylic acids is 1. The maximum Gasteiger partial charge on any atom is 0.207 e. The third kappa shape index (κ3) is 3.23. The summed E-state index contributed by atoms with van der Waals surface area (Å²) in [6.07, 6.45) is 1.88. The number of hydrogen-bond donors (Lipinski definition) is 2. The molecule has 2 unspecified atom stereocenters. The molecule has 0 fully saturated rings. The standard InChI is InChI=1S/C14H18FNO3/c1-9(16-8-18)7-19-12-4-11-2-10(6-17)3-13(11)14(15)5-12/h4-5,8-10,17H,2-3,6-7H2,1H3,(H,16,18). The van der Waals surface area contributed by atoms with E-state index in [4.69, 9.17) is 9.84 Å². The minimum absolute atomic E-state index is 0.0740. The number of hydrogen-bond acceptors (Lipinski definition) is 3. The summed E-state index contributed by atoms with van der Waals surface area (Å²) in [5.41, 5.74) is 1.59. The van der Waals surface area contributed by atoms with E-state index in [1.54, 1.807) is 6.92 Å². The van der Waals surface area contributed by atoms with Crippen molar-refractivity contribution in [2.75, 3.05) is 13.2 Å². The van der Waals surface area contributed by atoms with Crippen LogP contribution in [0.5, 0.6) is 5.75 Å². The van der Waals surface area contributed by atoms with Crippen molar-refractivity contribution in [3.63, 3.8) is 0 Å². The van der Waals surface area contributed by atoms with Crippen LogP contribution in [0.15, 0.2) is 12.1 Å². The van der Waals surface area contributed by atoms with Gasteiger partial charge in [0.15, 0.2) is 0 Å². The number of fused-ring (bicyclic) bond motifs is 1. The summed E-state index contributed by atoms with van der Waals surface area (Å²) >= 11 is 0. The molecule has 0 saturated heterocycles. The van der Waals surface area contributed by atoms with Gasteiger partial charge in [-0.2, -0.15) is 0 Å². The predicted molar refractivity (Wildman–Crippen MR) is 68.5 cm³/mol. The Kier molecular flexibility index (Phi) is 4.37. The molecule has 1 aliphatic carbocycles. The van der Waals surface area contributed by atoms with Crippen molar-refractivity contribution in [3.05, 3.63) is 29.1 Å². The molecule has 1 aromatic rings. The topological polar surface area (TPSA) is 58.6 Å². The lowest BCUT2D eigenvalue weighted by atomic mass is 10.1. The number of ether oxygens (including phenoxy) is 1. The van der Waals surface area contributed by atoms with Crippen LogP contribution in [0.3, 0.4) is 0 Å². The predicted octanol–water partition coefficient (Wildman–Crippen LogP) is 1.05. The smallest absolute Gasteiger partial charge is 0.207 e. The van der Waals surface area contributed by atoms with Crippen LogP contribution in [-0.2, 0) is 17.6 Å². The van der Waals surface area contributed by atoms with Gasteiger partial charge in [0.1, 0.15) is 18.2 Å². The zero-order chi connectivity index (χ0) is 13.8. The zero-order valence-corrected chi connectivity index (χ0v) is 10.9.